The lowest BCUT2D eigenvalue weighted by atomic mass is 9.83. The third-order valence-electron chi connectivity index (χ3n) is 5.30. The lowest BCUT2D eigenvalue weighted by Crippen LogP contribution is -2.47. The van der Waals surface area contributed by atoms with Crippen molar-refractivity contribution in [1.82, 2.24) is 10.6 Å². The summed E-state index contributed by atoms with van der Waals surface area (Å²) in [4.78, 5) is 11.8. The van der Waals surface area contributed by atoms with Crippen molar-refractivity contribution in [2.75, 3.05) is 0 Å². The average molecular weight is 325 g/mol. The number of ether oxygens (including phenoxy) is 1. The molecule has 0 radical (unpaired) electrons. The van der Waals surface area contributed by atoms with Crippen molar-refractivity contribution >= 4 is 6.09 Å². The first-order valence-corrected chi connectivity index (χ1v) is 9.59. The van der Waals surface area contributed by atoms with Gasteiger partial charge in [-0.3, -0.25) is 0 Å². The molecule has 2 fully saturated rings. The second-order valence-corrected chi connectivity index (χ2v) is 8.55. The van der Waals surface area contributed by atoms with E-state index < -0.39 is 5.60 Å². The Hall–Kier alpha value is -0.770. The summed E-state index contributed by atoms with van der Waals surface area (Å²) in [5.74, 6) is 0.862. The van der Waals surface area contributed by atoms with Crippen molar-refractivity contribution in [1.29, 1.82) is 0 Å². The van der Waals surface area contributed by atoms with Crippen LogP contribution in [0.3, 0.4) is 0 Å². The van der Waals surface area contributed by atoms with E-state index in [-0.39, 0.29) is 12.1 Å². The zero-order chi connectivity index (χ0) is 16.9. The molecule has 134 valence electrons. The molecular formula is C19H36N2O2. The predicted octanol–water partition coefficient (Wildman–Crippen LogP) is 4.38. The SMILES string of the molecule is CC(NC1CCC(NC(=O)OC(C)(C)C)CC1)C1CCCCC1. The average Bonchev–Trinajstić information content (AvgIpc) is 2.48. The highest BCUT2D eigenvalue weighted by Crippen LogP contribution is 2.28. The number of rotatable bonds is 4. The minimum Gasteiger partial charge on any atom is -0.444 e. The number of carbonyl (C=O) groups excluding carboxylic acids is 1. The van der Waals surface area contributed by atoms with Gasteiger partial charge in [-0.15, -0.1) is 0 Å². The molecule has 0 aliphatic heterocycles. The fourth-order valence-corrected chi connectivity index (χ4v) is 4.02. The molecule has 1 unspecified atom stereocenters. The largest absolute Gasteiger partial charge is 0.444 e. The van der Waals surface area contributed by atoms with Gasteiger partial charge in [-0.2, -0.15) is 0 Å². The van der Waals surface area contributed by atoms with Crippen LogP contribution in [-0.2, 0) is 4.74 Å². The minimum atomic E-state index is -0.418. The maximum absolute atomic E-state index is 11.8. The standard InChI is InChI=1S/C19H36N2O2/c1-14(15-8-6-5-7-9-15)20-16-10-12-17(13-11-16)21-18(22)23-19(2,3)4/h14-17,20H,5-13H2,1-4H3,(H,21,22). The Morgan fingerprint density at radius 1 is 0.957 bits per heavy atom. The molecule has 4 heteroatoms. The molecule has 2 aliphatic carbocycles. The van der Waals surface area contributed by atoms with Crippen LogP contribution in [-0.4, -0.2) is 29.8 Å². The van der Waals surface area contributed by atoms with Crippen molar-refractivity contribution in [3.05, 3.63) is 0 Å². The fraction of sp³-hybridized carbons (Fsp3) is 0.947. The number of nitrogens with one attached hydrogen (secondary N) is 2. The number of hydrogen-bond donors (Lipinski definition) is 2. The Balaban J connectivity index is 1.66. The highest BCUT2D eigenvalue weighted by molar-refractivity contribution is 5.68. The number of carbonyl (C=O) groups is 1. The molecule has 0 saturated heterocycles. The fourth-order valence-electron chi connectivity index (χ4n) is 4.02. The van der Waals surface area contributed by atoms with Crippen LogP contribution >= 0.6 is 0 Å². The lowest BCUT2D eigenvalue weighted by molar-refractivity contribution is 0.0488. The first kappa shape index (κ1) is 18.6. The molecule has 0 aromatic heterocycles. The molecule has 0 heterocycles. The van der Waals surface area contributed by atoms with E-state index in [0.29, 0.717) is 12.1 Å². The van der Waals surface area contributed by atoms with Crippen molar-refractivity contribution in [3.63, 3.8) is 0 Å². The molecule has 2 rings (SSSR count). The number of hydrogen-bond acceptors (Lipinski definition) is 3. The van der Waals surface area contributed by atoms with Gasteiger partial charge in [0.1, 0.15) is 5.60 Å². The van der Waals surface area contributed by atoms with Gasteiger partial charge in [-0.05, 0) is 72.1 Å². The Labute approximate surface area is 142 Å². The topological polar surface area (TPSA) is 50.4 Å². The van der Waals surface area contributed by atoms with Gasteiger partial charge in [-0.25, -0.2) is 4.79 Å². The summed E-state index contributed by atoms with van der Waals surface area (Å²) < 4.78 is 5.35. The Bertz CT molecular complexity index is 364. The molecule has 2 saturated carbocycles. The molecule has 2 N–H and O–H groups in total. The molecule has 1 amide bonds. The van der Waals surface area contributed by atoms with E-state index in [1.165, 1.54) is 32.1 Å². The smallest absolute Gasteiger partial charge is 0.407 e. The molecular weight excluding hydrogens is 288 g/mol. The molecule has 2 aliphatic rings. The molecule has 1 atom stereocenters. The van der Waals surface area contributed by atoms with Crippen molar-refractivity contribution in [2.45, 2.75) is 109 Å². The van der Waals surface area contributed by atoms with Crippen molar-refractivity contribution < 1.29 is 9.53 Å². The van der Waals surface area contributed by atoms with E-state index >= 15 is 0 Å². The highest BCUT2D eigenvalue weighted by Gasteiger charge is 2.27. The highest BCUT2D eigenvalue weighted by atomic mass is 16.6. The summed E-state index contributed by atoms with van der Waals surface area (Å²) in [6, 6.07) is 1.52. The van der Waals surface area contributed by atoms with Crippen LogP contribution in [0.1, 0.15) is 85.5 Å². The summed E-state index contributed by atoms with van der Waals surface area (Å²) >= 11 is 0. The summed E-state index contributed by atoms with van der Waals surface area (Å²) in [6.07, 6.45) is 11.1. The zero-order valence-electron chi connectivity index (χ0n) is 15.5. The van der Waals surface area contributed by atoms with Gasteiger partial charge >= 0.3 is 6.09 Å². The van der Waals surface area contributed by atoms with Crippen LogP contribution < -0.4 is 10.6 Å². The normalized spacial score (nSPS) is 28.2. The van der Waals surface area contributed by atoms with Crippen LogP contribution in [0.15, 0.2) is 0 Å². The van der Waals surface area contributed by atoms with E-state index in [1.807, 2.05) is 20.8 Å². The van der Waals surface area contributed by atoms with Gasteiger partial charge in [0.25, 0.3) is 0 Å². The van der Waals surface area contributed by atoms with E-state index in [2.05, 4.69) is 17.6 Å². The Kier molecular flexibility index (Phi) is 6.75. The molecule has 0 bridgehead atoms. The summed E-state index contributed by atoms with van der Waals surface area (Å²) in [7, 11) is 0. The summed E-state index contributed by atoms with van der Waals surface area (Å²) in [5.41, 5.74) is -0.418. The first-order valence-electron chi connectivity index (χ1n) is 9.59. The van der Waals surface area contributed by atoms with Gasteiger partial charge in [0.15, 0.2) is 0 Å². The second kappa shape index (κ2) is 8.36. The van der Waals surface area contributed by atoms with E-state index in [1.54, 1.807) is 0 Å². The van der Waals surface area contributed by atoms with Crippen LogP contribution in [0.2, 0.25) is 0 Å². The van der Waals surface area contributed by atoms with Gasteiger partial charge in [0, 0.05) is 18.1 Å². The van der Waals surface area contributed by atoms with Crippen LogP contribution in [0.4, 0.5) is 4.79 Å². The van der Waals surface area contributed by atoms with Gasteiger partial charge in [0.05, 0.1) is 0 Å². The lowest BCUT2D eigenvalue weighted by Gasteiger charge is -2.35. The van der Waals surface area contributed by atoms with Gasteiger partial charge in [-0.1, -0.05) is 19.3 Å². The van der Waals surface area contributed by atoms with E-state index in [9.17, 15) is 4.79 Å². The number of alkyl carbamates (subject to hydrolysis) is 1. The van der Waals surface area contributed by atoms with Crippen molar-refractivity contribution in [2.24, 2.45) is 5.92 Å². The predicted molar refractivity (Wildman–Crippen MR) is 94.6 cm³/mol. The maximum Gasteiger partial charge on any atom is 0.407 e. The zero-order valence-corrected chi connectivity index (χ0v) is 15.5. The maximum atomic E-state index is 11.8. The van der Waals surface area contributed by atoms with E-state index in [4.69, 9.17) is 4.74 Å². The minimum absolute atomic E-state index is 0.271. The monoisotopic (exact) mass is 324 g/mol. The van der Waals surface area contributed by atoms with Crippen LogP contribution in [0.25, 0.3) is 0 Å². The van der Waals surface area contributed by atoms with Crippen LogP contribution in [0.5, 0.6) is 0 Å². The third kappa shape index (κ3) is 6.70. The Morgan fingerprint density at radius 3 is 2.09 bits per heavy atom. The summed E-state index contributed by atoms with van der Waals surface area (Å²) in [5, 5.41) is 6.88. The quantitative estimate of drug-likeness (QED) is 0.807. The first-order chi connectivity index (χ1) is 10.8. The molecule has 0 spiro atoms. The van der Waals surface area contributed by atoms with Gasteiger partial charge in [0.2, 0.25) is 0 Å². The molecule has 4 nitrogen and oxygen atoms in total. The van der Waals surface area contributed by atoms with E-state index in [0.717, 1.165) is 31.6 Å². The number of amides is 1. The Morgan fingerprint density at radius 2 is 1.52 bits per heavy atom. The van der Waals surface area contributed by atoms with Gasteiger partial charge < -0.3 is 15.4 Å². The third-order valence-corrected chi connectivity index (χ3v) is 5.30. The molecule has 0 aromatic rings. The molecule has 23 heavy (non-hydrogen) atoms. The summed E-state index contributed by atoms with van der Waals surface area (Å²) in [6.45, 7) is 8.07. The molecule has 0 aromatic carbocycles. The second-order valence-electron chi connectivity index (χ2n) is 8.55. The van der Waals surface area contributed by atoms with Crippen molar-refractivity contribution in [3.8, 4) is 0 Å². The van der Waals surface area contributed by atoms with Crippen LogP contribution in [0, 0.1) is 5.92 Å².